The van der Waals surface area contributed by atoms with Gasteiger partial charge >= 0.3 is 0 Å². The van der Waals surface area contributed by atoms with Gasteiger partial charge in [-0.15, -0.1) is 11.3 Å². The van der Waals surface area contributed by atoms with Crippen molar-refractivity contribution >= 4 is 23.2 Å². The van der Waals surface area contributed by atoms with E-state index in [1.807, 2.05) is 72.3 Å². The molecule has 1 fully saturated rings. The second-order valence-corrected chi connectivity index (χ2v) is 10.3. The Balaban J connectivity index is 1.77. The molecule has 1 aliphatic carbocycles. The highest BCUT2D eigenvalue weighted by atomic mass is 32.1. The molecule has 1 aromatic carbocycles. The first-order valence-corrected chi connectivity index (χ1v) is 11.9. The fourth-order valence-corrected chi connectivity index (χ4v) is 4.80. The molecule has 0 bridgehead atoms. The lowest BCUT2D eigenvalue weighted by molar-refractivity contribution is -0.148. The molecule has 1 saturated carbocycles. The van der Waals surface area contributed by atoms with E-state index in [9.17, 15) is 9.59 Å². The molecule has 2 amide bonds. The van der Waals surface area contributed by atoms with Crippen molar-refractivity contribution in [3.05, 3.63) is 58.3 Å². The van der Waals surface area contributed by atoms with Crippen molar-refractivity contribution in [1.29, 1.82) is 0 Å². The van der Waals surface area contributed by atoms with Gasteiger partial charge < -0.3 is 9.80 Å². The van der Waals surface area contributed by atoms with Crippen molar-refractivity contribution in [3.8, 4) is 0 Å². The first-order valence-electron chi connectivity index (χ1n) is 11.0. The lowest BCUT2D eigenvalue weighted by Crippen LogP contribution is -2.53. The normalized spacial score (nSPS) is 15.0. The minimum Gasteiger partial charge on any atom is -0.332 e. The first kappa shape index (κ1) is 22.5. The smallest absolute Gasteiger partial charge is 0.242 e. The lowest BCUT2D eigenvalue weighted by atomic mass is 9.87. The van der Waals surface area contributed by atoms with Crippen LogP contribution in [0.1, 0.15) is 63.3 Å². The number of carbonyl (C=O) groups excluding carboxylic acids is 2. The van der Waals surface area contributed by atoms with Gasteiger partial charge in [0.25, 0.3) is 0 Å². The second kappa shape index (κ2) is 10.3. The molecular weight excluding hydrogens is 392 g/mol. The Kier molecular flexibility index (Phi) is 7.70. The van der Waals surface area contributed by atoms with Crippen LogP contribution >= 0.6 is 11.3 Å². The molecule has 0 saturated heterocycles. The predicted molar refractivity (Wildman–Crippen MR) is 123 cm³/mol. The fraction of sp³-hybridized carbons (Fsp3) is 0.520. The van der Waals surface area contributed by atoms with Crippen molar-refractivity contribution < 1.29 is 9.59 Å². The van der Waals surface area contributed by atoms with Gasteiger partial charge in [0.15, 0.2) is 0 Å². The van der Waals surface area contributed by atoms with Gasteiger partial charge in [0, 0.05) is 22.9 Å². The number of hydrogen-bond acceptors (Lipinski definition) is 3. The molecule has 0 unspecified atom stereocenters. The van der Waals surface area contributed by atoms with Crippen LogP contribution < -0.4 is 0 Å². The third-order valence-electron chi connectivity index (χ3n) is 5.82. The third-order valence-corrected chi connectivity index (χ3v) is 6.68. The van der Waals surface area contributed by atoms with Crippen LogP contribution in [0.5, 0.6) is 0 Å². The molecule has 0 aliphatic heterocycles. The van der Waals surface area contributed by atoms with Crippen LogP contribution in [0.25, 0.3) is 0 Å². The number of rotatable bonds is 7. The maximum Gasteiger partial charge on any atom is 0.242 e. The van der Waals surface area contributed by atoms with E-state index in [0.717, 1.165) is 36.1 Å². The Morgan fingerprint density at radius 3 is 2.27 bits per heavy atom. The van der Waals surface area contributed by atoms with E-state index in [2.05, 4.69) is 6.07 Å². The monoisotopic (exact) mass is 426 g/mol. The Hall–Kier alpha value is -2.14. The van der Waals surface area contributed by atoms with Crippen molar-refractivity contribution in [2.75, 3.05) is 6.54 Å². The molecule has 0 N–H and O–H groups in total. The second-order valence-electron chi connectivity index (χ2n) is 9.24. The van der Waals surface area contributed by atoms with Crippen LogP contribution in [0.3, 0.4) is 0 Å². The summed E-state index contributed by atoms with van der Waals surface area (Å²) in [6.45, 7) is 7.34. The van der Waals surface area contributed by atoms with Gasteiger partial charge in [0.1, 0.15) is 6.54 Å². The van der Waals surface area contributed by atoms with E-state index in [0.29, 0.717) is 13.1 Å². The Morgan fingerprint density at radius 1 is 0.967 bits per heavy atom. The summed E-state index contributed by atoms with van der Waals surface area (Å²) in [5, 5.41) is 2.04. The summed E-state index contributed by atoms with van der Waals surface area (Å²) in [5.74, 6) is 0.211. The van der Waals surface area contributed by atoms with Gasteiger partial charge in [-0.25, -0.2) is 0 Å². The quantitative estimate of drug-likeness (QED) is 0.588. The Labute approximate surface area is 184 Å². The molecule has 1 heterocycles. The molecule has 1 aromatic heterocycles. The molecule has 0 spiro atoms. The van der Waals surface area contributed by atoms with Crippen molar-refractivity contribution in [3.63, 3.8) is 0 Å². The minimum atomic E-state index is -0.383. The van der Waals surface area contributed by atoms with Crippen LogP contribution in [0, 0.1) is 5.92 Å². The zero-order valence-electron chi connectivity index (χ0n) is 18.5. The van der Waals surface area contributed by atoms with E-state index in [1.165, 1.54) is 6.42 Å². The number of hydrogen-bond donors (Lipinski definition) is 0. The van der Waals surface area contributed by atoms with E-state index in [4.69, 9.17) is 0 Å². The van der Waals surface area contributed by atoms with Gasteiger partial charge in [-0.3, -0.25) is 9.59 Å². The molecule has 1 aliphatic rings. The van der Waals surface area contributed by atoms with Crippen LogP contribution in [0.15, 0.2) is 47.8 Å². The van der Waals surface area contributed by atoms with E-state index < -0.39 is 0 Å². The van der Waals surface area contributed by atoms with Gasteiger partial charge in [-0.05, 0) is 50.6 Å². The van der Waals surface area contributed by atoms with Crippen LogP contribution in [-0.2, 0) is 22.7 Å². The molecule has 0 radical (unpaired) electrons. The molecule has 4 nitrogen and oxygen atoms in total. The molecule has 162 valence electrons. The average molecular weight is 427 g/mol. The predicted octanol–water partition coefficient (Wildman–Crippen LogP) is 5.48. The summed E-state index contributed by atoms with van der Waals surface area (Å²) in [6, 6.07) is 14.1. The highest BCUT2D eigenvalue weighted by Crippen LogP contribution is 2.28. The van der Waals surface area contributed by atoms with E-state index in [1.54, 1.807) is 11.3 Å². The molecule has 3 rings (SSSR count). The fourth-order valence-electron chi connectivity index (χ4n) is 4.08. The molecule has 0 atom stereocenters. The topological polar surface area (TPSA) is 40.6 Å². The number of amides is 2. The average Bonchev–Trinajstić information content (AvgIpc) is 3.24. The van der Waals surface area contributed by atoms with Crippen LogP contribution in [0.4, 0.5) is 0 Å². The van der Waals surface area contributed by atoms with Gasteiger partial charge in [-0.2, -0.15) is 0 Å². The van der Waals surface area contributed by atoms with Gasteiger partial charge in [0.05, 0.1) is 6.54 Å². The largest absolute Gasteiger partial charge is 0.332 e. The Morgan fingerprint density at radius 2 is 1.67 bits per heavy atom. The van der Waals surface area contributed by atoms with E-state index in [-0.39, 0.29) is 29.8 Å². The maximum absolute atomic E-state index is 13.5. The highest BCUT2D eigenvalue weighted by Gasteiger charge is 2.34. The zero-order valence-corrected chi connectivity index (χ0v) is 19.3. The lowest BCUT2D eigenvalue weighted by Gasteiger charge is -2.39. The molecular formula is C25H34N2O2S. The van der Waals surface area contributed by atoms with Gasteiger partial charge in [-0.1, -0.05) is 55.7 Å². The third kappa shape index (κ3) is 6.18. The number of benzene rings is 1. The van der Waals surface area contributed by atoms with Crippen molar-refractivity contribution in [2.24, 2.45) is 5.92 Å². The standard InChI is InChI=1S/C25H34N2O2S/c1-25(2,3)27(24(29)21-13-8-5-9-14-21)19-23(28)26(18-22-15-10-16-30-22)17-20-11-6-4-7-12-20/h4,6-7,10-12,15-16,21H,5,8-9,13-14,17-19H2,1-3H3. The number of nitrogens with zero attached hydrogens (tertiary/aromatic N) is 2. The van der Waals surface area contributed by atoms with E-state index >= 15 is 0 Å². The summed E-state index contributed by atoms with van der Waals surface area (Å²) in [5.41, 5.74) is 0.717. The number of thiophene rings is 1. The summed E-state index contributed by atoms with van der Waals surface area (Å²) in [6.07, 6.45) is 5.33. The maximum atomic E-state index is 13.5. The van der Waals surface area contributed by atoms with Crippen LogP contribution in [0.2, 0.25) is 0 Å². The molecule has 5 heteroatoms. The zero-order chi connectivity index (χ0) is 21.6. The molecule has 2 aromatic rings. The first-order chi connectivity index (χ1) is 14.3. The SMILES string of the molecule is CC(C)(C)N(CC(=O)N(Cc1ccccc1)Cc1cccs1)C(=O)C1CCCCC1. The summed E-state index contributed by atoms with van der Waals surface area (Å²) >= 11 is 1.66. The number of carbonyl (C=O) groups is 2. The van der Waals surface area contributed by atoms with Crippen molar-refractivity contribution in [1.82, 2.24) is 9.80 Å². The van der Waals surface area contributed by atoms with Crippen LogP contribution in [-0.4, -0.2) is 33.7 Å². The summed E-state index contributed by atoms with van der Waals surface area (Å²) < 4.78 is 0. The minimum absolute atomic E-state index is 0.00587. The highest BCUT2D eigenvalue weighted by molar-refractivity contribution is 7.09. The van der Waals surface area contributed by atoms with Crippen molar-refractivity contribution in [2.45, 2.75) is 71.5 Å². The summed E-state index contributed by atoms with van der Waals surface area (Å²) in [4.78, 5) is 31.6. The summed E-state index contributed by atoms with van der Waals surface area (Å²) in [7, 11) is 0. The Bertz CT molecular complexity index is 805. The van der Waals surface area contributed by atoms with Gasteiger partial charge in [0.2, 0.25) is 11.8 Å². The molecule has 30 heavy (non-hydrogen) atoms.